The molecule has 1 aromatic carbocycles. The number of ether oxygens (including phenoxy) is 2. The van der Waals surface area contributed by atoms with E-state index in [1.165, 1.54) is 0 Å². The third-order valence-corrected chi connectivity index (χ3v) is 5.20. The average molecular weight is 405 g/mol. The molecule has 1 heterocycles. The Morgan fingerprint density at radius 3 is 2.34 bits per heavy atom. The Hall–Kier alpha value is -2.61. The molecule has 29 heavy (non-hydrogen) atoms. The van der Waals surface area contributed by atoms with E-state index in [9.17, 15) is 14.4 Å². The van der Waals surface area contributed by atoms with Crippen LogP contribution in [0.2, 0.25) is 0 Å². The van der Waals surface area contributed by atoms with Crippen LogP contribution in [0.25, 0.3) is 0 Å². The normalized spacial score (nSPS) is 15.5. The van der Waals surface area contributed by atoms with E-state index < -0.39 is 6.04 Å². The zero-order valence-corrected chi connectivity index (χ0v) is 17.4. The summed E-state index contributed by atoms with van der Waals surface area (Å²) in [6.07, 6.45) is 2.03. The SMILES string of the molecule is COCCCNC(=O)C(NC(=O)c1ccc(OC)cc1)C1CCN(C(C)=O)CC1. The Balaban J connectivity index is 2.05. The molecule has 0 bridgehead atoms. The number of carbonyl (C=O) groups is 3. The van der Waals surface area contributed by atoms with Crippen molar-refractivity contribution in [2.75, 3.05) is 40.5 Å². The molecule has 0 radical (unpaired) electrons. The molecule has 1 fully saturated rings. The molecule has 8 nitrogen and oxygen atoms in total. The van der Waals surface area contributed by atoms with Crippen molar-refractivity contribution in [2.45, 2.75) is 32.2 Å². The van der Waals surface area contributed by atoms with Crippen molar-refractivity contribution in [3.8, 4) is 5.75 Å². The second kappa shape index (κ2) is 11.4. The van der Waals surface area contributed by atoms with Crippen LogP contribution in [0.1, 0.15) is 36.5 Å². The summed E-state index contributed by atoms with van der Waals surface area (Å²) in [6, 6.07) is 6.10. The number of rotatable bonds is 9. The lowest BCUT2D eigenvalue weighted by atomic mass is 9.88. The van der Waals surface area contributed by atoms with Gasteiger partial charge in [0.2, 0.25) is 11.8 Å². The van der Waals surface area contributed by atoms with Gasteiger partial charge in [-0.15, -0.1) is 0 Å². The fraction of sp³-hybridized carbons (Fsp3) is 0.571. The predicted molar refractivity (Wildman–Crippen MR) is 109 cm³/mol. The van der Waals surface area contributed by atoms with Crippen LogP contribution >= 0.6 is 0 Å². The highest BCUT2D eigenvalue weighted by atomic mass is 16.5. The molecule has 1 aromatic rings. The van der Waals surface area contributed by atoms with Gasteiger partial charge in [-0.2, -0.15) is 0 Å². The first-order chi connectivity index (χ1) is 14.0. The topological polar surface area (TPSA) is 97.0 Å². The molecule has 0 aromatic heterocycles. The summed E-state index contributed by atoms with van der Waals surface area (Å²) < 4.78 is 10.1. The summed E-state index contributed by atoms with van der Waals surface area (Å²) >= 11 is 0. The highest BCUT2D eigenvalue weighted by Gasteiger charge is 2.33. The molecular formula is C21H31N3O5. The molecule has 1 saturated heterocycles. The number of methoxy groups -OCH3 is 2. The van der Waals surface area contributed by atoms with Crippen LogP contribution < -0.4 is 15.4 Å². The lowest BCUT2D eigenvalue weighted by Gasteiger charge is -2.35. The number of hydrogen-bond donors (Lipinski definition) is 2. The number of piperidine rings is 1. The number of hydrogen-bond acceptors (Lipinski definition) is 5. The van der Waals surface area contributed by atoms with Crippen molar-refractivity contribution in [1.82, 2.24) is 15.5 Å². The fourth-order valence-electron chi connectivity index (χ4n) is 3.45. The minimum absolute atomic E-state index is 0.0322. The third kappa shape index (κ3) is 6.74. The molecule has 3 amide bonds. The van der Waals surface area contributed by atoms with Crippen molar-refractivity contribution in [3.63, 3.8) is 0 Å². The summed E-state index contributed by atoms with van der Waals surface area (Å²) in [6.45, 7) is 3.76. The summed E-state index contributed by atoms with van der Waals surface area (Å²) in [5.41, 5.74) is 0.462. The van der Waals surface area contributed by atoms with Gasteiger partial charge < -0.3 is 25.0 Å². The highest BCUT2D eigenvalue weighted by molar-refractivity contribution is 5.97. The van der Waals surface area contributed by atoms with E-state index in [4.69, 9.17) is 9.47 Å². The molecule has 1 unspecified atom stereocenters. The number of nitrogens with one attached hydrogen (secondary N) is 2. The average Bonchev–Trinajstić information content (AvgIpc) is 2.75. The highest BCUT2D eigenvalue weighted by Crippen LogP contribution is 2.22. The number of likely N-dealkylation sites (tertiary alicyclic amines) is 1. The standard InChI is InChI=1S/C21H31N3O5/c1-15(25)24-12-9-16(10-13-24)19(21(27)22-11-4-14-28-2)23-20(26)17-5-7-18(29-3)8-6-17/h5-8,16,19H,4,9-14H2,1-3H3,(H,22,27)(H,23,26). The van der Waals surface area contributed by atoms with Crippen molar-refractivity contribution < 1.29 is 23.9 Å². The molecule has 160 valence electrons. The lowest BCUT2D eigenvalue weighted by Crippen LogP contribution is -2.53. The number of benzene rings is 1. The summed E-state index contributed by atoms with van der Waals surface area (Å²) in [5, 5.41) is 5.79. The molecule has 0 aliphatic carbocycles. The van der Waals surface area contributed by atoms with Gasteiger partial charge >= 0.3 is 0 Å². The maximum Gasteiger partial charge on any atom is 0.251 e. The van der Waals surface area contributed by atoms with Gasteiger partial charge in [-0.1, -0.05) is 0 Å². The quantitative estimate of drug-likeness (QED) is 0.602. The number of amides is 3. The van der Waals surface area contributed by atoms with Gasteiger partial charge in [-0.3, -0.25) is 14.4 Å². The summed E-state index contributed by atoms with van der Waals surface area (Å²) in [5.74, 6) is 0.148. The second-order valence-electron chi connectivity index (χ2n) is 7.16. The Morgan fingerprint density at radius 1 is 1.14 bits per heavy atom. The molecule has 0 saturated carbocycles. The summed E-state index contributed by atoms with van der Waals surface area (Å²) in [4.78, 5) is 38.9. The minimum atomic E-state index is -0.652. The van der Waals surface area contributed by atoms with E-state index in [0.717, 1.165) is 0 Å². The maximum absolute atomic E-state index is 12.8. The third-order valence-electron chi connectivity index (χ3n) is 5.20. The van der Waals surface area contributed by atoms with Gasteiger partial charge in [0.1, 0.15) is 11.8 Å². The van der Waals surface area contributed by atoms with Gasteiger partial charge in [-0.25, -0.2) is 0 Å². The van der Waals surface area contributed by atoms with E-state index in [0.29, 0.717) is 56.8 Å². The fourth-order valence-corrected chi connectivity index (χ4v) is 3.45. The molecule has 0 spiro atoms. The Kier molecular flexibility index (Phi) is 8.92. The Bertz CT molecular complexity index is 684. The Labute approximate surface area is 171 Å². The Morgan fingerprint density at radius 2 is 1.79 bits per heavy atom. The van der Waals surface area contributed by atoms with E-state index in [1.807, 2.05) is 0 Å². The van der Waals surface area contributed by atoms with Gasteiger partial charge in [0.05, 0.1) is 7.11 Å². The van der Waals surface area contributed by atoms with Crippen LogP contribution in [0.15, 0.2) is 24.3 Å². The zero-order valence-electron chi connectivity index (χ0n) is 17.4. The van der Waals surface area contributed by atoms with Crippen LogP contribution in [-0.2, 0) is 14.3 Å². The monoisotopic (exact) mass is 405 g/mol. The molecule has 2 N–H and O–H groups in total. The zero-order chi connectivity index (χ0) is 21.2. The van der Waals surface area contributed by atoms with Crippen molar-refractivity contribution in [1.29, 1.82) is 0 Å². The van der Waals surface area contributed by atoms with Gasteiger partial charge in [0.25, 0.3) is 5.91 Å². The molecule has 1 aliphatic rings. The molecule has 8 heteroatoms. The van der Waals surface area contributed by atoms with Crippen molar-refractivity contribution in [2.24, 2.45) is 5.92 Å². The van der Waals surface area contributed by atoms with Crippen LogP contribution in [0.4, 0.5) is 0 Å². The first-order valence-electron chi connectivity index (χ1n) is 9.93. The van der Waals surface area contributed by atoms with Crippen LogP contribution in [0.3, 0.4) is 0 Å². The summed E-state index contributed by atoms with van der Waals surface area (Å²) in [7, 11) is 3.18. The van der Waals surface area contributed by atoms with Crippen LogP contribution in [0, 0.1) is 5.92 Å². The second-order valence-corrected chi connectivity index (χ2v) is 7.16. The number of nitrogens with zero attached hydrogens (tertiary/aromatic N) is 1. The largest absolute Gasteiger partial charge is 0.497 e. The first kappa shape index (κ1) is 22.7. The first-order valence-corrected chi connectivity index (χ1v) is 9.93. The van der Waals surface area contributed by atoms with E-state index in [2.05, 4.69) is 10.6 Å². The van der Waals surface area contributed by atoms with Crippen molar-refractivity contribution in [3.05, 3.63) is 29.8 Å². The van der Waals surface area contributed by atoms with E-state index >= 15 is 0 Å². The molecular weight excluding hydrogens is 374 g/mol. The van der Waals surface area contributed by atoms with E-state index in [-0.39, 0.29) is 23.6 Å². The lowest BCUT2D eigenvalue weighted by molar-refractivity contribution is -0.130. The predicted octanol–water partition coefficient (Wildman–Crippen LogP) is 1.20. The maximum atomic E-state index is 12.8. The smallest absolute Gasteiger partial charge is 0.251 e. The molecule has 1 aliphatic heterocycles. The van der Waals surface area contributed by atoms with Crippen LogP contribution in [-0.4, -0.2) is 69.1 Å². The molecule has 1 atom stereocenters. The number of carbonyl (C=O) groups excluding carboxylic acids is 3. The van der Waals surface area contributed by atoms with Gasteiger partial charge in [0.15, 0.2) is 0 Å². The van der Waals surface area contributed by atoms with Crippen molar-refractivity contribution >= 4 is 17.7 Å². The minimum Gasteiger partial charge on any atom is -0.497 e. The molecule has 2 rings (SSSR count). The van der Waals surface area contributed by atoms with Crippen LogP contribution in [0.5, 0.6) is 5.75 Å². The van der Waals surface area contributed by atoms with Gasteiger partial charge in [0, 0.05) is 45.8 Å². The van der Waals surface area contributed by atoms with E-state index in [1.54, 1.807) is 50.3 Å². The van der Waals surface area contributed by atoms with Gasteiger partial charge in [-0.05, 0) is 49.4 Å².